The predicted octanol–water partition coefficient (Wildman–Crippen LogP) is 1.93. The third-order valence-electron chi connectivity index (χ3n) is 3.67. The lowest BCUT2D eigenvalue weighted by atomic mass is 9.91. The minimum atomic E-state index is -3.19. The third kappa shape index (κ3) is 3.69. The van der Waals surface area contributed by atoms with Gasteiger partial charge in [-0.25, -0.2) is 8.42 Å². The molecule has 0 radical (unpaired) electrons. The van der Waals surface area contributed by atoms with Crippen LogP contribution in [0.15, 0.2) is 0 Å². The first-order valence-electron chi connectivity index (χ1n) is 6.17. The minimum absolute atomic E-state index is 0.0368. The lowest BCUT2D eigenvalue weighted by Gasteiger charge is -2.28. The molecule has 0 aromatic heterocycles. The Labute approximate surface area is 104 Å². The molecular formula is C12H22O4S. The number of hydrogen-bond acceptors (Lipinski definition) is 4. The van der Waals surface area contributed by atoms with E-state index in [1.807, 2.05) is 0 Å². The molecule has 0 amide bonds. The summed E-state index contributed by atoms with van der Waals surface area (Å²) in [4.78, 5) is 11.1. The first-order chi connectivity index (χ1) is 7.87. The van der Waals surface area contributed by atoms with E-state index in [0.717, 1.165) is 25.7 Å². The number of carbonyl (C=O) groups is 1. The van der Waals surface area contributed by atoms with Gasteiger partial charge in [0, 0.05) is 0 Å². The molecule has 0 bridgehead atoms. The molecule has 0 N–H and O–H groups in total. The summed E-state index contributed by atoms with van der Waals surface area (Å²) in [5.74, 6) is 0.169. The second kappa shape index (κ2) is 5.85. The van der Waals surface area contributed by atoms with Crippen molar-refractivity contribution >= 4 is 15.8 Å². The van der Waals surface area contributed by atoms with Gasteiger partial charge in [-0.1, -0.05) is 6.92 Å². The fraction of sp³-hybridized carbons (Fsp3) is 0.917. The normalized spacial score (nSPS) is 27.5. The van der Waals surface area contributed by atoms with Crippen LogP contribution in [-0.2, 0) is 19.4 Å². The van der Waals surface area contributed by atoms with Gasteiger partial charge in [0.1, 0.15) is 0 Å². The summed E-state index contributed by atoms with van der Waals surface area (Å²) in [5.41, 5.74) is 0. The van der Waals surface area contributed by atoms with Gasteiger partial charge < -0.3 is 4.74 Å². The molecule has 1 aliphatic rings. The molecule has 5 heteroatoms. The molecule has 17 heavy (non-hydrogen) atoms. The Kier molecular flexibility index (Phi) is 4.98. The minimum Gasteiger partial charge on any atom is -0.469 e. The zero-order chi connectivity index (χ0) is 13.1. The van der Waals surface area contributed by atoms with Crippen LogP contribution in [0.1, 0.15) is 46.0 Å². The summed E-state index contributed by atoms with van der Waals surface area (Å²) in [7, 11) is -1.91. The Balaban J connectivity index is 2.64. The standard InChI is InChI=1S/C12H22O4S/c1-9-4-6-11(7-5-9)17(14,15)10(2)8-12(13)16-3/h9-11H,4-8H2,1-3H3. The van der Waals surface area contributed by atoms with E-state index in [2.05, 4.69) is 11.7 Å². The first kappa shape index (κ1) is 14.5. The fourth-order valence-electron chi connectivity index (χ4n) is 2.32. The van der Waals surface area contributed by atoms with Gasteiger partial charge in [-0.3, -0.25) is 4.79 Å². The molecule has 100 valence electrons. The molecular weight excluding hydrogens is 240 g/mol. The Hall–Kier alpha value is -0.580. The number of ether oxygens (including phenoxy) is 1. The molecule has 0 aliphatic heterocycles. The van der Waals surface area contributed by atoms with Crippen LogP contribution in [-0.4, -0.2) is 32.0 Å². The number of carbonyl (C=O) groups excluding carboxylic acids is 1. The smallest absolute Gasteiger partial charge is 0.306 e. The van der Waals surface area contributed by atoms with Gasteiger partial charge in [0.25, 0.3) is 0 Å². The summed E-state index contributed by atoms with van der Waals surface area (Å²) in [6.45, 7) is 3.75. The van der Waals surface area contributed by atoms with Gasteiger partial charge in [-0.15, -0.1) is 0 Å². The molecule has 1 fully saturated rings. The van der Waals surface area contributed by atoms with Crippen LogP contribution in [0.2, 0.25) is 0 Å². The van der Waals surface area contributed by atoms with Gasteiger partial charge >= 0.3 is 5.97 Å². The molecule has 1 atom stereocenters. The van der Waals surface area contributed by atoms with Crippen molar-refractivity contribution in [3.63, 3.8) is 0 Å². The zero-order valence-corrected chi connectivity index (χ0v) is 11.6. The monoisotopic (exact) mass is 262 g/mol. The number of sulfone groups is 1. The number of esters is 1. The maximum absolute atomic E-state index is 12.2. The molecule has 1 aliphatic carbocycles. The lowest BCUT2D eigenvalue weighted by molar-refractivity contribution is -0.140. The van der Waals surface area contributed by atoms with Crippen molar-refractivity contribution in [1.29, 1.82) is 0 Å². The van der Waals surface area contributed by atoms with Gasteiger partial charge in [-0.05, 0) is 38.5 Å². The number of methoxy groups -OCH3 is 1. The third-order valence-corrected chi connectivity index (χ3v) is 6.36. The number of hydrogen-bond donors (Lipinski definition) is 0. The van der Waals surface area contributed by atoms with Crippen molar-refractivity contribution in [2.24, 2.45) is 5.92 Å². The highest BCUT2D eigenvalue weighted by atomic mass is 32.2. The fourth-order valence-corrected chi connectivity index (χ4v) is 4.28. The van der Waals surface area contributed by atoms with Gasteiger partial charge in [0.05, 0.1) is 24.0 Å². The van der Waals surface area contributed by atoms with Crippen LogP contribution in [0, 0.1) is 5.92 Å². The van der Waals surface area contributed by atoms with E-state index in [9.17, 15) is 13.2 Å². The molecule has 0 aromatic carbocycles. The van der Waals surface area contributed by atoms with Crippen molar-refractivity contribution < 1.29 is 17.9 Å². The zero-order valence-electron chi connectivity index (χ0n) is 10.8. The van der Waals surface area contributed by atoms with Crippen LogP contribution >= 0.6 is 0 Å². The molecule has 1 saturated carbocycles. The Bertz CT molecular complexity index is 353. The molecule has 0 heterocycles. The van der Waals surface area contributed by atoms with Crippen LogP contribution < -0.4 is 0 Å². The highest BCUT2D eigenvalue weighted by Crippen LogP contribution is 2.30. The molecule has 1 unspecified atom stereocenters. The van der Waals surface area contributed by atoms with Gasteiger partial charge in [0.15, 0.2) is 9.84 Å². The van der Waals surface area contributed by atoms with Crippen molar-refractivity contribution in [2.75, 3.05) is 7.11 Å². The highest BCUT2D eigenvalue weighted by molar-refractivity contribution is 7.92. The summed E-state index contributed by atoms with van der Waals surface area (Å²) in [6, 6.07) is 0. The Morgan fingerprint density at radius 2 is 1.82 bits per heavy atom. The quantitative estimate of drug-likeness (QED) is 0.726. The van der Waals surface area contributed by atoms with E-state index in [4.69, 9.17) is 0 Å². The number of rotatable bonds is 4. The van der Waals surface area contributed by atoms with E-state index in [1.54, 1.807) is 6.92 Å². The van der Waals surface area contributed by atoms with Gasteiger partial charge in [-0.2, -0.15) is 0 Å². The van der Waals surface area contributed by atoms with E-state index in [-0.39, 0.29) is 11.7 Å². The van der Waals surface area contributed by atoms with Crippen LogP contribution in [0.4, 0.5) is 0 Å². The average molecular weight is 262 g/mol. The first-order valence-corrected chi connectivity index (χ1v) is 7.78. The second-order valence-corrected chi connectivity index (χ2v) is 7.71. The van der Waals surface area contributed by atoms with Gasteiger partial charge in [0.2, 0.25) is 0 Å². The SMILES string of the molecule is COC(=O)CC(C)S(=O)(=O)C1CCC(C)CC1. The van der Waals surface area contributed by atoms with Crippen LogP contribution in [0.25, 0.3) is 0 Å². The van der Waals surface area contributed by atoms with Crippen LogP contribution in [0.5, 0.6) is 0 Å². The summed E-state index contributed by atoms with van der Waals surface area (Å²) in [6.07, 6.45) is 3.36. The molecule has 4 nitrogen and oxygen atoms in total. The maximum atomic E-state index is 12.2. The van der Waals surface area contributed by atoms with E-state index in [0.29, 0.717) is 5.92 Å². The molecule has 0 aromatic rings. The topological polar surface area (TPSA) is 60.4 Å². The summed E-state index contributed by atoms with van der Waals surface area (Å²) in [5, 5.41) is -0.897. The Morgan fingerprint density at radius 1 is 1.29 bits per heavy atom. The summed E-state index contributed by atoms with van der Waals surface area (Å²) >= 11 is 0. The lowest BCUT2D eigenvalue weighted by Crippen LogP contribution is -2.34. The van der Waals surface area contributed by atoms with Crippen molar-refractivity contribution in [2.45, 2.75) is 56.5 Å². The molecule has 0 spiro atoms. The maximum Gasteiger partial charge on any atom is 0.306 e. The summed E-state index contributed by atoms with van der Waals surface area (Å²) < 4.78 is 29.0. The molecule has 0 saturated heterocycles. The van der Waals surface area contributed by atoms with E-state index in [1.165, 1.54) is 7.11 Å². The van der Waals surface area contributed by atoms with Crippen molar-refractivity contribution in [3.05, 3.63) is 0 Å². The Morgan fingerprint density at radius 3 is 2.29 bits per heavy atom. The van der Waals surface area contributed by atoms with E-state index >= 15 is 0 Å². The van der Waals surface area contributed by atoms with E-state index < -0.39 is 21.1 Å². The second-order valence-electron chi connectivity index (χ2n) is 5.06. The van der Waals surface area contributed by atoms with Crippen molar-refractivity contribution in [1.82, 2.24) is 0 Å². The highest BCUT2D eigenvalue weighted by Gasteiger charge is 2.34. The molecule has 1 rings (SSSR count). The van der Waals surface area contributed by atoms with Crippen molar-refractivity contribution in [3.8, 4) is 0 Å². The average Bonchev–Trinajstić information content (AvgIpc) is 2.29. The van der Waals surface area contributed by atoms with Crippen LogP contribution in [0.3, 0.4) is 0 Å². The largest absolute Gasteiger partial charge is 0.469 e. The predicted molar refractivity (Wildman–Crippen MR) is 66.4 cm³/mol.